The molecule has 0 atom stereocenters. The highest BCUT2D eigenvalue weighted by Crippen LogP contribution is 2.27. The molecule has 2 rings (SSSR count). The van der Waals surface area contributed by atoms with Gasteiger partial charge >= 0.3 is 0 Å². The van der Waals surface area contributed by atoms with Crippen molar-refractivity contribution in [3.05, 3.63) is 29.8 Å². The van der Waals surface area contributed by atoms with E-state index >= 15 is 0 Å². The van der Waals surface area contributed by atoms with E-state index in [-0.39, 0.29) is 23.2 Å². The lowest BCUT2D eigenvalue weighted by Crippen LogP contribution is -2.35. The molecule has 0 heterocycles. The number of carbonyl (C=O) groups excluding carboxylic acids is 1. The van der Waals surface area contributed by atoms with Gasteiger partial charge in [-0.2, -0.15) is 0 Å². The smallest absolute Gasteiger partial charge is 0.238 e. The van der Waals surface area contributed by atoms with Gasteiger partial charge in [0.05, 0.1) is 11.4 Å². The second-order valence-electron chi connectivity index (χ2n) is 5.36. The van der Waals surface area contributed by atoms with Crippen LogP contribution in [0.5, 0.6) is 0 Å². The summed E-state index contributed by atoms with van der Waals surface area (Å²) in [6.07, 6.45) is 3.19. The fraction of sp³-hybridized carbons (Fsp3) is 0.500. The molecule has 1 aromatic carbocycles. The minimum absolute atomic E-state index is 0. The van der Waals surface area contributed by atoms with Crippen LogP contribution in [0, 0.1) is 5.92 Å². The molecule has 8 heteroatoms. The van der Waals surface area contributed by atoms with Crippen molar-refractivity contribution in [2.24, 2.45) is 11.1 Å². The predicted molar refractivity (Wildman–Crippen MR) is 87.4 cm³/mol. The average molecular weight is 348 g/mol. The van der Waals surface area contributed by atoms with Gasteiger partial charge < -0.3 is 10.6 Å². The molecule has 1 fully saturated rings. The molecule has 4 N–H and O–H groups in total. The molecule has 0 bridgehead atoms. The summed E-state index contributed by atoms with van der Waals surface area (Å²) < 4.78 is 22.2. The van der Waals surface area contributed by atoms with E-state index in [2.05, 4.69) is 10.6 Å². The fourth-order valence-electron chi connectivity index (χ4n) is 1.97. The normalized spacial score (nSPS) is 14.2. The van der Waals surface area contributed by atoms with Crippen LogP contribution in [0.2, 0.25) is 0 Å². The van der Waals surface area contributed by atoms with Crippen molar-refractivity contribution in [3.63, 3.8) is 0 Å². The highest BCUT2D eigenvalue weighted by atomic mass is 35.5. The number of rotatable bonds is 8. The van der Waals surface area contributed by atoms with Crippen molar-refractivity contribution in [3.8, 4) is 0 Å². The van der Waals surface area contributed by atoms with Crippen LogP contribution in [0.1, 0.15) is 18.4 Å². The number of sulfonamides is 1. The van der Waals surface area contributed by atoms with Crippen molar-refractivity contribution >= 4 is 28.3 Å². The Morgan fingerprint density at radius 2 is 1.86 bits per heavy atom. The lowest BCUT2D eigenvalue weighted by molar-refractivity contribution is -0.120. The molecule has 0 spiro atoms. The summed E-state index contributed by atoms with van der Waals surface area (Å²) in [7, 11) is -3.64. The molecule has 1 aliphatic carbocycles. The molecule has 22 heavy (non-hydrogen) atoms. The van der Waals surface area contributed by atoms with E-state index in [1.807, 2.05) is 0 Å². The zero-order valence-corrected chi connectivity index (χ0v) is 13.9. The van der Waals surface area contributed by atoms with E-state index in [1.54, 1.807) is 12.1 Å². The molecular formula is C14H22ClN3O3S. The van der Waals surface area contributed by atoms with Crippen LogP contribution >= 0.6 is 12.4 Å². The van der Waals surface area contributed by atoms with Crippen LogP contribution < -0.4 is 15.8 Å². The summed E-state index contributed by atoms with van der Waals surface area (Å²) in [5.74, 6) is 0.743. The van der Waals surface area contributed by atoms with Crippen LogP contribution in [-0.2, 0) is 21.2 Å². The molecule has 124 valence electrons. The summed E-state index contributed by atoms with van der Waals surface area (Å²) in [5, 5.41) is 11.0. The first-order valence-electron chi connectivity index (χ1n) is 7.04. The highest BCUT2D eigenvalue weighted by molar-refractivity contribution is 7.89. The molecule has 0 radical (unpaired) electrons. The molecule has 0 aliphatic heterocycles. The Labute approximate surface area is 137 Å². The maximum absolute atomic E-state index is 11.6. The molecule has 1 amide bonds. The fourth-order valence-corrected chi connectivity index (χ4v) is 2.48. The Hall–Kier alpha value is -1.15. The van der Waals surface area contributed by atoms with Crippen molar-refractivity contribution < 1.29 is 13.2 Å². The maximum atomic E-state index is 11.6. The van der Waals surface area contributed by atoms with Gasteiger partial charge in [-0.05, 0) is 49.4 Å². The third-order valence-corrected chi connectivity index (χ3v) is 4.33. The first-order valence-corrected chi connectivity index (χ1v) is 8.59. The molecule has 0 aromatic heterocycles. The van der Waals surface area contributed by atoms with E-state index in [0.717, 1.165) is 18.0 Å². The van der Waals surface area contributed by atoms with Gasteiger partial charge in [-0.25, -0.2) is 13.6 Å². The number of nitrogens with one attached hydrogen (secondary N) is 2. The Morgan fingerprint density at radius 3 is 2.41 bits per heavy atom. The van der Waals surface area contributed by atoms with E-state index in [4.69, 9.17) is 5.14 Å². The SMILES string of the molecule is Cl.NS(=O)(=O)c1ccc(CCNC(=O)CNCC2CC2)cc1. The van der Waals surface area contributed by atoms with Crippen LogP contribution in [0.15, 0.2) is 29.2 Å². The Balaban J connectivity index is 0.00000242. The second kappa shape index (κ2) is 8.47. The van der Waals surface area contributed by atoms with Crippen LogP contribution in [0.25, 0.3) is 0 Å². The summed E-state index contributed by atoms with van der Waals surface area (Å²) >= 11 is 0. The molecule has 1 saturated carbocycles. The number of hydrogen-bond acceptors (Lipinski definition) is 4. The number of benzene rings is 1. The van der Waals surface area contributed by atoms with Gasteiger partial charge in [0.1, 0.15) is 0 Å². The zero-order valence-electron chi connectivity index (χ0n) is 12.2. The number of nitrogens with two attached hydrogens (primary N) is 1. The minimum Gasteiger partial charge on any atom is -0.355 e. The molecule has 1 aromatic rings. The van der Waals surface area contributed by atoms with Gasteiger partial charge in [0.15, 0.2) is 0 Å². The molecule has 0 saturated heterocycles. The molecule has 6 nitrogen and oxygen atoms in total. The predicted octanol–water partition coefficient (Wildman–Crippen LogP) is 0.414. The maximum Gasteiger partial charge on any atom is 0.238 e. The number of carbonyl (C=O) groups is 1. The van der Waals surface area contributed by atoms with Crippen molar-refractivity contribution in [2.75, 3.05) is 19.6 Å². The topological polar surface area (TPSA) is 101 Å². The number of amides is 1. The van der Waals surface area contributed by atoms with E-state index in [0.29, 0.717) is 19.5 Å². The number of primary sulfonamides is 1. The molecule has 1 aliphatic rings. The van der Waals surface area contributed by atoms with Crippen molar-refractivity contribution in [1.82, 2.24) is 10.6 Å². The number of hydrogen-bond donors (Lipinski definition) is 3. The monoisotopic (exact) mass is 347 g/mol. The number of halogens is 1. The third-order valence-electron chi connectivity index (χ3n) is 3.40. The van der Waals surface area contributed by atoms with Crippen LogP contribution in [0.3, 0.4) is 0 Å². The van der Waals surface area contributed by atoms with Crippen LogP contribution in [-0.4, -0.2) is 34.0 Å². The molecular weight excluding hydrogens is 326 g/mol. The zero-order chi connectivity index (χ0) is 15.3. The van der Waals surface area contributed by atoms with E-state index < -0.39 is 10.0 Å². The van der Waals surface area contributed by atoms with Gasteiger partial charge in [0, 0.05) is 6.54 Å². The van der Waals surface area contributed by atoms with Crippen molar-refractivity contribution in [1.29, 1.82) is 0 Å². The second-order valence-corrected chi connectivity index (χ2v) is 6.92. The van der Waals surface area contributed by atoms with Gasteiger partial charge in [0.25, 0.3) is 0 Å². The summed E-state index contributed by atoms with van der Waals surface area (Å²) in [4.78, 5) is 11.6. The Morgan fingerprint density at radius 1 is 1.23 bits per heavy atom. The standard InChI is InChI=1S/C14H21N3O3S.ClH/c15-21(19,20)13-5-3-11(4-6-13)7-8-17-14(18)10-16-9-12-1-2-12;/h3-6,12,16H,1-2,7-10H2,(H,17,18)(H2,15,19,20);1H. The Kier molecular flexibility index (Phi) is 7.28. The minimum atomic E-state index is -3.64. The summed E-state index contributed by atoms with van der Waals surface area (Å²) in [6.45, 7) is 1.79. The summed E-state index contributed by atoms with van der Waals surface area (Å²) in [6, 6.07) is 6.36. The third kappa shape index (κ3) is 6.74. The summed E-state index contributed by atoms with van der Waals surface area (Å²) in [5.41, 5.74) is 0.952. The van der Waals surface area contributed by atoms with Gasteiger partial charge in [-0.15, -0.1) is 12.4 Å². The van der Waals surface area contributed by atoms with Crippen molar-refractivity contribution in [2.45, 2.75) is 24.2 Å². The molecule has 0 unspecified atom stereocenters. The van der Waals surface area contributed by atoms with E-state index in [9.17, 15) is 13.2 Å². The van der Waals surface area contributed by atoms with E-state index in [1.165, 1.54) is 25.0 Å². The van der Waals surface area contributed by atoms with Gasteiger partial charge in [-0.3, -0.25) is 4.79 Å². The largest absolute Gasteiger partial charge is 0.355 e. The van der Waals surface area contributed by atoms with Gasteiger partial charge in [0.2, 0.25) is 15.9 Å². The lowest BCUT2D eigenvalue weighted by atomic mass is 10.1. The average Bonchev–Trinajstić information content (AvgIpc) is 3.22. The quantitative estimate of drug-likeness (QED) is 0.634. The lowest BCUT2D eigenvalue weighted by Gasteiger charge is -2.07. The first kappa shape index (κ1) is 18.9. The van der Waals surface area contributed by atoms with Gasteiger partial charge in [-0.1, -0.05) is 12.1 Å². The first-order chi connectivity index (χ1) is 9.95. The highest BCUT2D eigenvalue weighted by Gasteiger charge is 2.20. The Bertz CT molecular complexity index is 586. The van der Waals surface area contributed by atoms with Crippen LogP contribution in [0.4, 0.5) is 0 Å².